The molecule has 2 fully saturated rings. The molecule has 0 spiro atoms. The minimum Gasteiger partial charge on any atom is -0.462 e. The number of allylic oxidation sites excluding steroid dienone is 4. The number of phosphoric acid groups is 1. The van der Waals surface area contributed by atoms with Gasteiger partial charge in [0.25, 0.3) is 0 Å². The quantitative estimate of drug-likeness (QED) is 0.0130. The molecular formula is C55H102NO19P. The molecule has 2 heterocycles. The molecule has 12 atom stereocenters. The molecule has 0 amide bonds. The van der Waals surface area contributed by atoms with Crippen LogP contribution in [0.5, 0.6) is 0 Å². The van der Waals surface area contributed by atoms with Crippen LogP contribution >= 0.6 is 7.82 Å². The lowest BCUT2D eigenvalue weighted by molar-refractivity contribution is -0.359. The summed E-state index contributed by atoms with van der Waals surface area (Å²) in [6, 6.07) is 0. The Labute approximate surface area is 454 Å². The molecule has 2 saturated heterocycles. The number of carbonyl (C=O) groups excluding carboxylic acids is 2. The molecule has 0 aromatic carbocycles. The first kappa shape index (κ1) is 70.2. The van der Waals surface area contributed by atoms with Crippen molar-refractivity contribution in [3.63, 3.8) is 0 Å². The van der Waals surface area contributed by atoms with Gasteiger partial charge in [0, 0.05) is 25.9 Å². The Morgan fingerprint density at radius 1 is 0.539 bits per heavy atom. The van der Waals surface area contributed by atoms with Crippen LogP contribution in [-0.2, 0) is 51.6 Å². The number of esters is 2. The van der Waals surface area contributed by atoms with Gasteiger partial charge in [0.2, 0.25) is 0 Å². The van der Waals surface area contributed by atoms with Crippen molar-refractivity contribution < 1.29 is 92.3 Å². The standard InChI is InChI=1S/C55H102NO19P/c1-3-5-7-9-11-13-15-17-19-21-23-25-27-29-31-33-46(59)69-41-43(72-47(60)34-32-30-28-26-24-22-20-18-16-14-12-10-8-6-4-2)42-71-76(66,67)70-38-36-56-35-37-68-54-52(65)50(63)53(45(40-58)74-54)75-55-51(64)49(62)48(61)44(39-57)73-55/h17-20,43-45,48-58,61-65H,3-16,21-42H2,1-2H3,(H,66,67)/b19-17-,20-18-/t43?,44-,45-,48+,49+,50-,51-,52-,53-,54-,55+/m1/s1. The van der Waals surface area contributed by atoms with Gasteiger partial charge in [0.15, 0.2) is 18.7 Å². The molecule has 20 nitrogen and oxygen atoms in total. The Morgan fingerprint density at radius 2 is 1.00 bits per heavy atom. The number of ether oxygens (including phenoxy) is 6. The van der Waals surface area contributed by atoms with Crippen LogP contribution < -0.4 is 5.32 Å². The highest BCUT2D eigenvalue weighted by molar-refractivity contribution is 7.47. The molecule has 0 radical (unpaired) electrons. The summed E-state index contributed by atoms with van der Waals surface area (Å²) in [6.07, 6.45) is 21.7. The number of hydrogen-bond acceptors (Lipinski definition) is 19. The van der Waals surface area contributed by atoms with Crippen LogP contribution in [0.15, 0.2) is 24.3 Å². The normalized spacial score (nSPS) is 25.3. The first-order valence-electron chi connectivity index (χ1n) is 29.0. The number of phosphoric ester groups is 1. The Kier molecular flexibility index (Phi) is 41.3. The third-order valence-electron chi connectivity index (χ3n) is 13.5. The van der Waals surface area contributed by atoms with E-state index >= 15 is 0 Å². The first-order chi connectivity index (χ1) is 36.8. The second-order valence-electron chi connectivity index (χ2n) is 20.2. The number of rotatable bonds is 48. The van der Waals surface area contributed by atoms with Crippen molar-refractivity contribution >= 4 is 19.8 Å². The molecule has 2 rings (SSSR count). The summed E-state index contributed by atoms with van der Waals surface area (Å²) in [5.41, 5.74) is 0. The summed E-state index contributed by atoms with van der Waals surface area (Å²) < 4.78 is 56.1. The SMILES string of the molecule is CCCCCCCC/C=C\CCCCCCCC(=O)OCC(COP(=O)(O)OCCNCCO[C@@H]1O[C@H](CO)[C@@H](O[C@@H]2O[C@H](CO)[C@H](O)[C@H](O)[C@H]2O)[C@H](O)[C@H]1O)OC(=O)CCCCCCC/C=C\CCCCCCCC. The second kappa shape index (κ2) is 44.8. The summed E-state index contributed by atoms with van der Waals surface area (Å²) in [4.78, 5) is 36.0. The number of carbonyl (C=O) groups is 2. The number of hydrogen-bond donors (Lipinski definition) is 9. The van der Waals surface area contributed by atoms with E-state index in [1.807, 2.05) is 0 Å². The lowest BCUT2D eigenvalue weighted by atomic mass is 9.97. The van der Waals surface area contributed by atoms with Gasteiger partial charge in [0.05, 0.1) is 33.0 Å². The maximum absolute atomic E-state index is 12.9. The van der Waals surface area contributed by atoms with Gasteiger partial charge >= 0.3 is 19.8 Å². The van der Waals surface area contributed by atoms with E-state index in [0.29, 0.717) is 12.8 Å². The Morgan fingerprint density at radius 3 is 1.53 bits per heavy atom. The van der Waals surface area contributed by atoms with Crippen molar-refractivity contribution in [2.45, 2.75) is 261 Å². The van der Waals surface area contributed by atoms with E-state index in [4.69, 9.17) is 37.5 Å². The average molecular weight is 1110 g/mol. The lowest BCUT2D eigenvalue weighted by Crippen LogP contribution is -2.64. The molecule has 2 aliphatic heterocycles. The van der Waals surface area contributed by atoms with Gasteiger partial charge in [-0.2, -0.15) is 0 Å². The first-order valence-corrected chi connectivity index (χ1v) is 30.5. The second-order valence-corrected chi connectivity index (χ2v) is 21.6. The van der Waals surface area contributed by atoms with Gasteiger partial charge in [-0.15, -0.1) is 0 Å². The van der Waals surface area contributed by atoms with Crippen LogP contribution in [0, 0.1) is 0 Å². The molecule has 0 aliphatic carbocycles. The van der Waals surface area contributed by atoms with E-state index in [-0.39, 0.29) is 45.8 Å². The summed E-state index contributed by atoms with van der Waals surface area (Å²) >= 11 is 0. The highest BCUT2D eigenvalue weighted by Crippen LogP contribution is 2.43. The van der Waals surface area contributed by atoms with E-state index in [1.54, 1.807) is 0 Å². The molecule has 0 aromatic rings. The Hall–Kier alpha value is -1.95. The number of nitrogens with one attached hydrogen (secondary N) is 1. The summed E-state index contributed by atoms with van der Waals surface area (Å²) in [5, 5.41) is 74.3. The van der Waals surface area contributed by atoms with Crippen LogP contribution in [0.3, 0.4) is 0 Å². The predicted molar refractivity (Wildman–Crippen MR) is 287 cm³/mol. The number of aliphatic hydroxyl groups excluding tert-OH is 7. The van der Waals surface area contributed by atoms with Gasteiger partial charge < -0.3 is 74.4 Å². The fraction of sp³-hybridized carbons (Fsp3) is 0.891. The van der Waals surface area contributed by atoms with Gasteiger partial charge in [0.1, 0.15) is 55.4 Å². The fourth-order valence-electron chi connectivity index (χ4n) is 8.81. The van der Waals surface area contributed by atoms with E-state index < -0.39 is 107 Å². The third kappa shape index (κ3) is 32.3. The molecule has 76 heavy (non-hydrogen) atoms. The minimum absolute atomic E-state index is 0.0323. The molecular weight excluding hydrogens is 1010 g/mol. The van der Waals surface area contributed by atoms with Crippen LogP contribution in [0.25, 0.3) is 0 Å². The van der Waals surface area contributed by atoms with Crippen LogP contribution in [-0.4, -0.2) is 173 Å². The van der Waals surface area contributed by atoms with Gasteiger partial charge in [-0.25, -0.2) is 4.57 Å². The van der Waals surface area contributed by atoms with E-state index in [2.05, 4.69) is 43.5 Å². The maximum atomic E-state index is 12.9. The maximum Gasteiger partial charge on any atom is 0.472 e. The molecule has 446 valence electrons. The zero-order chi connectivity index (χ0) is 55.7. The predicted octanol–water partition coefficient (Wildman–Crippen LogP) is 6.88. The number of unbranched alkanes of at least 4 members (excludes halogenated alkanes) is 22. The Bertz CT molecular complexity index is 1540. The molecule has 9 N–H and O–H groups in total. The zero-order valence-electron chi connectivity index (χ0n) is 46.1. The van der Waals surface area contributed by atoms with E-state index in [0.717, 1.165) is 77.0 Å². The highest BCUT2D eigenvalue weighted by Gasteiger charge is 2.50. The minimum atomic E-state index is -4.67. The molecule has 0 aromatic heterocycles. The van der Waals surface area contributed by atoms with Crippen LogP contribution in [0.2, 0.25) is 0 Å². The van der Waals surface area contributed by atoms with Gasteiger partial charge in [-0.05, 0) is 64.2 Å². The average Bonchev–Trinajstić information content (AvgIpc) is 3.40. The van der Waals surface area contributed by atoms with E-state index in [1.165, 1.54) is 77.0 Å². The molecule has 2 unspecified atom stereocenters. The zero-order valence-corrected chi connectivity index (χ0v) is 47.0. The van der Waals surface area contributed by atoms with Crippen molar-refractivity contribution in [2.75, 3.05) is 52.7 Å². The summed E-state index contributed by atoms with van der Waals surface area (Å²) in [7, 11) is -4.67. The van der Waals surface area contributed by atoms with Crippen molar-refractivity contribution in [1.82, 2.24) is 5.32 Å². The smallest absolute Gasteiger partial charge is 0.462 e. The number of aliphatic hydroxyl groups is 7. The highest BCUT2D eigenvalue weighted by atomic mass is 31.2. The van der Waals surface area contributed by atoms with Gasteiger partial charge in [-0.3, -0.25) is 18.6 Å². The molecule has 2 aliphatic rings. The van der Waals surface area contributed by atoms with Crippen molar-refractivity contribution in [2.24, 2.45) is 0 Å². The van der Waals surface area contributed by atoms with Crippen LogP contribution in [0.4, 0.5) is 0 Å². The summed E-state index contributed by atoms with van der Waals surface area (Å²) in [6.45, 7) is 1.81. The largest absolute Gasteiger partial charge is 0.472 e. The van der Waals surface area contributed by atoms with E-state index in [9.17, 15) is 54.8 Å². The fourth-order valence-corrected chi connectivity index (χ4v) is 9.56. The molecule has 0 saturated carbocycles. The lowest BCUT2D eigenvalue weighted by Gasteiger charge is -2.45. The Balaban J connectivity index is 1.74. The third-order valence-corrected chi connectivity index (χ3v) is 14.5. The summed E-state index contributed by atoms with van der Waals surface area (Å²) in [5.74, 6) is -0.998. The monoisotopic (exact) mass is 1110 g/mol. The van der Waals surface area contributed by atoms with Crippen molar-refractivity contribution in [3.05, 3.63) is 24.3 Å². The molecule has 0 bridgehead atoms. The van der Waals surface area contributed by atoms with Crippen molar-refractivity contribution in [3.8, 4) is 0 Å². The molecule has 21 heteroatoms. The van der Waals surface area contributed by atoms with Crippen molar-refractivity contribution in [1.29, 1.82) is 0 Å². The van der Waals surface area contributed by atoms with Crippen LogP contribution in [0.1, 0.15) is 194 Å². The topological polar surface area (TPSA) is 299 Å². The van der Waals surface area contributed by atoms with Gasteiger partial charge in [-0.1, -0.05) is 141 Å².